The van der Waals surface area contributed by atoms with Gasteiger partial charge in [-0.05, 0) is 31.1 Å². The highest BCUT2D eigenvalue weighted by Gasteiger charge is 2.17. The van der Waals surface area contributed by atoms with Gasteiger partial charge in [0.05, 0.1) is 25.3 Å². The summed E-state index contributed by atoms with van der Waals surface area (Å²) in [5.41, 5.74) is 2.02. The molecule has 0 radical (unpaired) electrons. The first-order valence-electron chi connectivity index (χ1n) is 5.73. The molecular formula is C14H18O4. The minimum absolute atomic E-state index is 0.152. The maximum atomic E-state index is 11.0. The third-order valence-electron chi connectivity index (χ3n) is 2.80. The maximum Gasteiger partial charge on any atom is 0.335 e. The fourth-order valence-corrected chi connectivity index (χ4v) is 1.88. The highest BCUT2D eigenvalue weighted by molar-refractivity contribution is 5.90. The number of benzene rings is 1. The largest absolute Gasteiger partial charge is 0.496 e. The second kappa shape index (κ2) is 6.10. The zero-order valence-electron chi connectivity index (χ0n) is 11.1. The topological polar surface area (TPSA) is 55.8 Å². The first kappa shape index (κ1) is 14.1. The summed E-state index contributed by atoms with van der Waals surface area (Å²) in [6.45, 7) is 3.96. The van der Waals surface area contributed by atoms with E-state index in [0.717, 1.165) is 17.6 Å². The van der Waals surface area contributed by atoms with Gasteiger partial charge in [-0.15, -0.1) is 0 Å². The van der Waals surface area contributed by atoms with Crippen LogP contribution in [0.25, 0.3) is 5.57 Å². The molecule has 0 heterocycles. The summed E-state index contributed by atoms with van der Waals surface area (Å²) in [6.07, 6.45) is 2.79. The molecule has 0 aromatic heterocycles. The lowest BCUT2D eigenvalue weighted by atomic mass is 9.99. The van der Waals surface area contributed by atoms with Gasteiger partial charge in [0.15, 0.2) is 0 Å². The lowest BCUT2D eigenvalue weighted by molar-refractivity contribution is 0.0696. The van der Waals surface area contributed by atoms with Crippen molar-refractivity contribution in [3.05, 3.63) is 29.3 Å². The summed E-state index contributed by atoms with van der Waals surface area (Å²) < 4.78 is 10.6. The van der Waals surface area contributed by atoms with Crippen LogP contribution in [0, 0.1) is 0 Å². The van der Waals surface area contributed by atoms with E-state index in [2.05, 4.69) is 0 Å². The standard InChI is InChI=1S/C14H18O4/c1-5-9(6-2)13-11(17-3)7-10(14(15)16)8-12(13)18-4/h5,7-8H,6H2,1-4H3,(H,15,16). The molecule has 1 N–H and O–H groups in total. The van der Waals surface area contributed by atoms with Gasteiger partial charge in [-0.25, -0.2) is 4.79 Å². The molecule has 18 heavy (non-hydrogen) atoms. The van der Waals surface area contributed by atoms with Crippen molar-refractivity contribution in [1.29, 1.82) is 0 Å². The van der Waals surface area contributed by atoms with Crippen molar-refractivity contribution in [1.82, 2.24) is 0 Å². The van der Waals surface area contributed by atoms with E-state index >= 15 is 0 Å². The summed E-state index contributed by atoms with van der Waals surface area (Å²) in [7, 11) is 3.04. The Morgan fingerprint density at radius 3 is 2.06 bits per heavy atom. The van der Waals surface area contributed by atoms with Gasteiger partial charge in [0.1, 0.15) is 11.5 Å². The zero-order chi connectivity index (χ0) is 13.7. The fraction of sp³-hybridized carbons (Fsp3) is 0.357. The van der Waals surface area contributed by atoms with Crippen LogP contribution >= 0.6 is 0 Å². The van der Waals surface area contributed by atoms with Gasteiger partial charge in [0.25, 0.3) is 0 Å². The minimum Gasteiger partial charge on any atom is -0.496 e. The predicted molar refractivity (Wildman–Crippen MR) is 70.4 cm³/mol. The van der Waals surface area contributed by atoms with E-state index in [1.54, 1.807) is 0 Å². The average molecular weight is 250 g/mol. The van der Waals surface area contributed by atoms with Crippen LogP contribution in [0.1, 0.15) is 36.2 Å². The van der Waals surface area contributed by atoms with E-state index in [0.29, 0.717) is 11.5 Å². The number of ether oxygens (including phenoxy) is 2. The summed E-state index contributed by atoms with van der Waals surface area (Å²) in [6, 6.07) is 3.03. The van der Waals surface area contributed by atoms with Gasteiger partial charge < -0.3 is 14.6 Å². The molecule has 0 atom stereocenters. The van der Waals surface area contributed by atoms with E-state index in [4.69, 9.17) is 14.6 Å². The van der Waals surface area contributed by atoms with Gasteiger partial charge in [0, 0.05) is 0 Å². The van der Waals surface area contributed by atoms with Crippen molar-refractivity contribution in [2.75, 3.05) is 14.2 Å². The molecule has 0 aliphatic carbocycles. The Morgan fingerprint density at radius 1 is 1.28 bits per heavy atom. The molecule has 0 saturated heterocycles. The third-order valence-corrected chi connectivity index (χ3v) is 2.80. The molecule has 1 aromatic rings. The molecule has 4 nitrogen and oxygen atoms in total. The number of hydrogen-bond donors (Lipinski definition) is 1. The molecule has 0 unspecified atom stereocenters. The number of carboxylic acids is 1. The summed E-state index contributed by atoms with van der Waals surface area (Å²) >= 11 is 0. The van der Waals surface area contributed by atoms with Gasteiger partial charge in [-0.2, -0.15) is 0 Å². The monoisotopic (exact) mass is 250 g/mol. The second-order valence-electron chi connectivity index (χ2n) is 3.73. The Balaban J connectivity index is 3.53. The van der Waals surface area contributed by atoms with Gasteiger partial charge in [-0.1, -0.05) is 13.0 Å². The Bertz CT molecular complexity index is 450. The molecule has 1 aromatic carbocycles. The Hall–Kier alpha value is -1.97. The van der Waals surface area contributed by atoms with Crippen LogP contribution in [-0.4, -0.2) is 25.3 Å². The van der Waals surface area contributed by atoms with Crippen LogP contribution in [0.15, 0.2) is 18.2 Å². The molecule has 4 heteroatoms. The lowest BCUT2D eigenvalue weighted by Crippen LogP contribution is -2.02. The number of carboxylic acid groups (broad SMARTS) is 1. The highest BCUT2D eigenvalue weighted by Crippen LogP contribution is 2.37. The maximum absolute atomic E-state index is 11.0. The number of methoxy groups -OCH3 is 2. The van der Waals surface area contributed by atoms with E-state index in [1.165, 1.54) is 26.4 Å². The van der Waals surface area contributed by atoms with Crippen molar-refractivity contribution in [2.45, 2.75) is 20.3 Å². The molecule has 1 rings (SSSR count). The predicted octanol–water partition coefficient (Wildman–Crippen LogP) is 3.22. The van der Waals surface area contributed by atoms with Crippen molar-refractivity contribution >= 4 is 11.5 Å². The lowest BCUT2D eigenvalue weighted by Gasteiger charge is -2.16. The number of allylic oxidation sites excluding steroid dienone is 2. The van der Waals surface area contributed by atoms with Gasteiger partial charge >= 0.3 is 5.97 Å². The summed E-state index contributed by atoms with van der Waals surface area (Å²) in [4.78, 5) is 11.0. The fourth-order valence-electron chi connectivity index (χ4n) is 1.88. The number of aromatic carboxylic acids is 1. The molecular weight excluding hydrogens is 232 g/mol. The SMILES string of the molecule is CC=C(CC)c1c(OC)cc(C(=O)O)cc1OC. The van der Waals surface area contributed by atoms with Crippen molar-refractivity contribution in [3.8, 4) is 11.5 Å². The number of rotatable bonds is 5. The van der Waals surface area contributed by atoms with Crippen molar-refractivity contribution in [2.24, 2.45) is 0 Å². The molecule has 0 amide bonds. The average Bonchev–Trinajstić information content (AvgIpc) is 2.39. The highest BCUT2D eigenvalue weighted by atomic mass is 16.5. The van der Waals surface area contributed by atoms with E-state index in [-0.39, 0.29) is 5.56 Å². The number of hydrogen-bond acceptors (Lipinski definition) is 3. The molecule has 0 spiro atoms. The summed E-state index contributed by atoms with van der Waals surface area (Å²) in [5.74, 6) is 0.0278. The second-order valence-corrected chi connectivity index (χ2v) is 3.73. The van der Waals surface area contributed by atoms with Crippen LogP contribution in [-0.2, 0) is 0 Å². The molecule has 0 bridgehead atoms. The molecule has 0 saturated carbocycles. The van der Waals surface area contributed by atoms with E-state index in [1.807, 2.05) is 19.9 Å². The van der Waals surface area contributed by atoms with Gasteiger partial charge in [0.2, 0.25) is 0 Å². The Morgan fingerprint density at radius 2 is 1.78 bits per heavy atom. The first-order valence-corrected chi connectivity index (χ1v) is 5.73. The van der Waals surface area contributed by atoms with Crippen LogP contribution < -0.4 is 9.47 Å². The van der Waals surface area contributed by atoms with Crippen LogP contribution in [0.2, 0.25) is 0 Å². The summed E-state index contributed by atoms with van der Waals surface area (Å²) in [5, 5.41) is 9.04. The minimum atomic E-state index is -1.00. The third kappa shape index (κ3) is 2.64. The number of carbonyl (C=O) groups is 1. The van der Waals surface area contributed by atoms with Crippen LogP contribution in [0.5, 0.6) is 11.5 Å². The van der Waals surface area contributed by atoms with E-state index in [9.17, 15) is 4.79 Å². The zero-order valence-corrected chi connectivity index (χ0v) is 11.1. The van der Waals surface area contributed by atoms with Crippen molar-refractivity contribution in [3.63, 3.8) is 0 Å². The normalized spacial score (nSPS) is 11.2. The van der Waals surface area contributed by atoms with E-state index < -0.39 is 5.97 Å². The molecule has 0 aliphatic heterocycles. The molecule has 0 fully saturated rings. The Kier molecular flexibility index (Phi) is 4.77. The smallest absolute Gasteiger partial charge is 0.335 e. The van der Waals surface area contributed by atoms with Crippen molar-refractivity contribution < 1.29 is 19.4 Å². The van der Waals surface area contributed by atoms with Crippen LogP contribution in [0.3, 0.4) is 0 Å². The Labute approximate surface area is 107 Å². The first-order chi connectivity index (χ1) is 8.58. The molecule has 98 valence electrons. The molecule has 0 aliphatic rings. The quantitative estimate of drug-likeness (QED) is 0.871. The van der Waals surface area contributed by atoms with Crippen LogP contribution in [0.4, 0.5) is 0 Å². The van der Waals surface area contributed by atoms with Gasteiger partial charge in [-0.3, -0.25) is 0 Å².